The van der Waals surface area contributed by atoms with Crippen LogP contribution in [0, 0.1) is 12.8 Å². The zero-order valence-electron chi connectivity index (χ0n) is 11.3. The molecular weight excluding hydrogens is 258 g/mol. The van der Waals surface area contributed by atoms with Crippen LogP contribution >= 0.6 is 11.8 Å². The normalized spacial score (nSPS) is 32.6. The zero-order chi connectivity index (χ0) is 13.3. The van der Waals surface area contributed by atoms with Crippen molar-refractivity contribution >= 4 is 11.8 Å². The van der Waals surface area contributed by atoms with Gasteiger partial charge in [0.15, 0.2) is 0 Å². The van der Waals surface area contributed by atoms with Gasteiger partial charge in [-0.05, 0) is 50.0 Å². The van der Waals surface area contributed by atoms with Crippen molar-refractivity contribution in [3.63, 3.8) is 0 Å². The van der Waals surface area contributed by atoms with Crippen molar-refractivity contribution in [2.75, 3.05) is 18.1 Å². The number of hydrogen-bond acceptors (Lipinski definition) is 4. The van der Waals surface area contributed by atoms with E-state index in [9.17, 15) is 5.11 Å². The Hall–Kier alpha value is -0.580. The molecule has 2 fully saturated rings. The Morgan fingerprint density at radius 3 is 3.16 bits per heavy atom. The maximum absolute atomic E-state index is 10.6. The Morgan fingerprint density at radius 1 is 1.53 bits per heavy atom. The standard InChI is InChI=1S/C15H21NO2S/c1-11-3-2-4-13(16-11)14(17)12-5-7-18-15(9-12)6-8-19-10-15/h2-4,12,14,17H,5-10H2,1H3. The minimum Gasteiger partial charge on any atom is -0.387 e. The molecule has 104 valence electrons. The van der Waals surface area contributed by atoms with Gasteiger partial charge in [0.25, 0.3) is 0 Å². The van der Waals surface area contributed by atoms with E-state index in [-0.39, 0.29) is 11.5 Å². The second-order valence-corrected chi connectivity index (χ2v) is 6.84. The molecule has 1 aromatic heterocycles. The molecule has 1 spiro atoms. The van der Waals surface area contributed by atoms with Gasteiger partial charge >= 0.3 is 0 Å². The summed E-state index contributed by atoms with van der Waals surface area (Å²) < 4.78 is 6.01. The fourth-order valence-corrected chi connectivity index (χ4v) is 4.55. The van der Waals surface area contributed by atoms with Crippen molar-refractivity contribution < 1.29 is 9.84 Å². The van der Waals surface area contributed by atoms with Gasteiger partial charge < -0.3 is 9.84 Å². The molecule has 0 amide bonds. The van der Waals surface area contributed by atoms with Gasteiger partial charge in [0.1, 0.15) is 0 Å². The molecule has 19 heavy (non-hydrogen) atoms. The third-order valence-electron chi connectivity index (χ3n) is 4.26. The predicted molar refractivity (Wildman–Crippen MR) is 77.3 cm³/mol. The van der Waals surface area contributed by atoms with Crippen molar-refractivity contribution in [2.24, 2.45) is 5.92 Å². The van der Waals surface area contributed by atoms with E-state index < -0.39 is 6.10 Å². The van der Waals surface area contributed by atoms with Crippen molar-refractivity contribution in [1.82, 2.24) is 4.98 Å². The van der Waals surface area contributed by atoms with Gasteiger partial charge in [-0.1, -0.05) is 6.07 Å². The molecule has 3 atom stereocenters. The third kappa shape index (κ3) is 2.81. The number of pyridine rings is 1. The van der Waals surface area contributed by atoms with E-state index in [0.717, 1.165) is 43.0 Å². The van der Waals surface area contributed by atoms with Gasteiger partial charge in [-0.3, -0.25) is 4.98 Å². The summed E-state index contributed by atoms with van der Waals surface area (Å²) in [6, 6.07) is 5.87. The third-order valence-corrected chi connectivity index (χ3v) is 5.48. The average molecular weight is 279 g/mol. The van der Waals surface area contributed by atoms with Crippen LogP contribution in [-0.2, 0) is 4.74 Å². The highest BCUT2D eigenvalue weighted by molar-refractivity contribution is 7.99. The van der Waals surface area contributed by atoms with Crippen molar-refractivity contribution in [2.45, 2.75) is 37.9 Å². The summed E-state index contributed by atoms with van der Waals surface area (Å²) in [4.78, 5) is 4.47. The Bertz CT molecular complexity index is 446. The number of rotatable bonds is 2. The molecule has 1 N–H and O–H groups in total. The summed E-state index contributed by atoms with van der Waals surface area (Å²) in [6.45, 7) is 2.74. The molecule has 1 aromatic rings. The molecule has 0 bridgehead atoms. The van der Waals surface area contributed by atoms with E-state index in [1.807, 2.05) is 36.9 Å². The molecule has 0 aromatic carbocycles. The number of hydrogen-bond donors (Lipinski definition) is 1. The number of aryl methyl sites for hydroxylation is 1. The number of aliphatic hydroxyl groups excluding tert-OH is 1. The fourth-order valence-electron chi connectivity index (χ4n) is 3.17. The predicted octanol–water partition coefficient (Wildman–Crippen LogP) is 2.73. The SMILES string of the molecule is Cc1cccc(C(O)C2CCOC3(CCSC3)C2)n1. The molecule has 2 saturated heterocycles. The van der Waals surface area contributed by atoms with Crippen LogP contribution in [0.15, 0.2) is 18.2 Å². The van der Waals surface area contributed by atoms with Crippen molar-refractivity contribution in [3.8, 4) is 0 Å². The van der Waals surface area contributed by atoms with Crippen LogP contribution < -0.4 is 0 Å². The van der Waals surface area contributed by atoms with E-state index in [4.69, 9.17) is 4.74 Å². The van der Waals surface area contributed by atoms with Crippen LogP contribution in [0.5, 0.6) is 0 Å². The molecule has 3 heterocycles. The lowest BCUT2D eigenvalue weighted by Crippen LogP contribution is -2.41. The molecule has 2 aliphatic rings. The molecule has 3 nitrogen and oxygen atoms in total. The molecule has 3 unspecified atom stereocenters. The summed E-state index contributed by atoms with van der Waals surface area (Å²) in [6.07, 6.45) is 2.58. The van der Waals surface area contributed by atoms with E-state index in [0.29, 0.717) is 0 Å². The van der Waals surface area contributed by atoms with Crippen molar-refractivity contribution in [1.29, 1.82) is 0 Å². The number of aromatic nitrogens is 1. The number of aliphatic hydroxyl groups is 1. The Kier molecular flexibility index (Phi) is 3.83. The average Bonchev–Trinajstić information content (AvgIpc) is 2.86. The molecular formula is C15H21NO2S. The maximum Gasteiger partial charge on any atom is 0.0989 e. The van der Waals surface area contributed by atoms with E-state index in [1.165, 1.54) is 5.75 Å². The smallest absolute Gasteiger partial charge is 0.0989 e. The van der Waals surface area contributed by atoms with Gasteiger partial charge in [0, 0.05) is 18.1 Å². The largest absolute Gasteiger partial charge is 0.387 e. The summed E-state index contributed by atoms with van der Waals surface area (Å²) in [5, 5.41) is 10.6. The Morgan fingerprint density at radius 2 is 2.42 bits per heavy atom. The number of thioether (sulfide) groups is 1. The molecule has 4 heteroatoms. The van der Waals surface area contributed by atoms with E-state index in [2.05, 4.69) is 4.98 Å². The molecule has 2 aliphatic heterocycles. The van der Waals surface area contributed by atoms with E-state index in [1.54, 1.807) is 0 Å². The van der Waals surface area contributed by atoms with Crippen LogP contribution in [0.25, 0.3) is 0 Å². The van der Waals surface area contributed by atoms with Crippen LogP contribution in [0.2, 0.25) is 0 Å². The van der Waals surface area contributed by atoms with Crippen LogP contribution in [-0.4, -0.2) is 33.8 Å². The second-order valence-electron chi connectivity index (χ2n) is 5.74. The summed E-state index contributed by atoms with van der Waals surface area (Å²) >= 11 is 1.97. The summed E-state index contributed by atoms with van der Waals surface area (Å²) in [7, 11) is 0. The highest BCUT2D eigenvalue weighted by atomic mass is 32.2. The lowest BCUT2D eigenvalue weighted by atomic mass is 9.81. The van der Waals surface area contributed by atoms with Crippen LogP contribution in [0.3, 0.4) is 0 Å². The van der Waals surface area contributed by atoms with Gasteiger partial charge in [-0.2, -0.15) is 11.8 Å². The van der Waals surface area contributed by atoms with Gasteiger partial charge in [-0.15, -0.1) is 0 Å². The van der Waals surface area contributed by atoms with E-state index >= 15 is 0 Å². The first kappa shape index (κ1) is 13.4. The van der Waals surface area contributed by atoms with Gasteiger partial charge in [0.2, 0.25) is 0 Å². The Labute approximate surface area is 118 Å². The molecule has 0 saturated carbocycles. The Balaban J connectivity index is 1.74. The van der Waals surface area contributed by atoms with Crippen LogP contribution in [0.4, 0.5) is 0 Å². The first-order valence-corrected chi connectivity index (χ1v) is 8.17. The topological polar surface area (TPSA) is 42.4 Å². The summed E-state index contributed by atoms with van der Waals surface area (Å²) in [5.41, 5.74) is 1.81. The lowest BCUT2D eigenvalue weighted by Gasteiger charge is -2.39. The minimum atomic E-state index is -0.453. The lowest BCUT2D eigenvalue weighted by molar-refractivity contribution is -0.102. The number of ether oxygens (including phenoxy) is 1. The molecule has 0 aliphatic carbocycles. The highest BCUT2D eigenvalue weighted by Crippen LogP contribution is 2.43. The second kappa shape index (κ2) is 5.43. The van der Waals surface area contributed by atoms with Gasteiger partial charge in [-0.25, -0.2) is 0 Å². The maximum atomic E-state index is 10.6. The van der Waals surface area contributed by atoms with Crippen molar-refractivity contribution in [3.05, 3.63) is 29.6 Å². The summed E-state index contributed by atoms with van der Waals surface area (Å²) in [5.74, 6) is 2.55. The minimum absolute atomic E-state index is 0.0262. The fraction of sp³-hybridized carbons (Fsp3) is 0.667. The first-order valence-electron chi connectivity index (χ1n) is 7.02. The molecule has 3 rings (SSSR count). The monoisotopic (exact) mass is 279 g/mol. The first-order chi connectivity index (χ1) is 9.19. The van der Waals surface area contributed by atoms with Gasteiger partial charge in [0.05, 0.1) is 17.4 Å². The number of nitrogens with zero attached hydrogens (tertiary/aromatic N) is 1. The van der Waals surface area contributed by atoms with Crippen LogP contribution in [0.1, 0.15) is 36.8 Å². The zero-order valence-corrected chi connectivity index (χ0v) is 12.2. The quantitative estimate of drug-likeness (QED) is 0.904. The highest BCUT2D eigenvalue weighted by Gasteiger charge is 2.42. The molecule has 0 radical (unpaired) electrons.